The number of hydrogen-bond acceptors (Lipinski definition) is 5. The molecule has 0 aromatic heterocycles. The van der Waals surface area contributed by atoms with Crippen molar-refractivity contribution >= 4 is 39.1 Å². The molecule has 0 radical (unpaired) electrons. The molecule has 2 aromatic carbocycles. The van der Waals surface area contributed by atoms with Gasteiger partial charge in [0.2, 0.25) is 0 Å². The third-order valence-corrected chi connectivity index (χ3v) is 4.62. The van der Waals surface area contributed by atoms with Crippen molar-refractivity contribution in [2.24, 2.45) is 4.40 Å². The van der Waals surface area contributed by atoms with E-state index < -0.39 is 16.0 Å². The Labute approximate surface area is 137 Å². The number of ether oxygens (including phenoxy) is 1. The molecule has 0 bridgehead atoms. The van der Waals surface area contributed by atoms with Gasteiger partial charge in [0.1, 0.15) is 16.5 Å². The number of fused-ring (bicyclic) bond motifs is 1. The fourth-order valence-corrected chi connectivity index (χ4v) is 3.36. The van der Waals surface area contributed by atoms with E-state index in [1.54, 1.807) is 42.5 Å². The highest BCUT2D eigenvalue weighted by Crippen LogP contribution is 2.27. The normalized spacial score (nSPS) is 14.7. The summed E-state index contributed by atoms with van der Waals surface area (Å²) in [4.78, 5) is 11.4. The molecule has 3 rings (SSSR count). The van der Waals surface area contributed by atoms with Crippen LogP contribution in [0.25, 0.3) is 0 Å². The van der Waals surface area contributed by atoms with Gasteiger partial charge in [-0.25, -0.2) is 0 Å². The minimum absolute atomic E-state index is 0.159. The molecule has 1 aliphatic rings. The maximum Gasteiger partial charge on any atom is 0.326 e. The first kappa shape index (κ1) is 15.5. The molecule has 23 heavy (non-hydrogen) atoms. The number of nitrogens with zero attached hydrogens (tertiary/aromatic N) is 1. The Kier molecular flexibility index (Phi) is 4.06. The van der Waals surface area contributed by atoms with E-state index in [0.29, 0.717) is 17.0 Å². The Balaban J connectivity index is 1.89. The standard InChI is InChI=1S/C15H11ClN2O4S/c16-9-14(19)22-11-5-3-4-10(8-11)17-15-12-6-1-2-7-13(12)23(20,21)18-15/h1-8H,9H2,(H,17,18). The van der Waals surface area contributed by atoms with Gasteiger partial charge in [-0.3, -0.25) is 4.79 Å². The second-order valence-corrected chi connectivity index (χ2v) is 6.51. The summed E-state index contributed by atoms with van der Waals surface area (Å²) in [5, 5.41) is 2.93. The number of nitrogens with one attached hydrogen (secondary N) is 1. The van der Waals surface area contributed by atoms with Crippen molar-refractivity contribution < 1.29 is 17.9 Å². The highest BCUT2D eigenvalue weighted by molar-refractivity contribution is 7.90. The zero-order valence-corrected chi connectivity index (χ0v) is 13.3. The number of carbonyl (C=O) groups is 1. The molecule has 0 saturated carbocycles. The third kappa shape index (κ3) is 3.20. The molecule has 1 aliphatic heterocycles. The van der Waals surface area contributed by atoms with E-state index in [1.807, 2.05) is 0 Å². The van der Waals surface area contributed by atoms with Gasteiger partial charge in [-0.05, 0) is 24.3 Å². The van der Waals surface area contributed by atoms with Gasteiger partial charge in [0, 0.05) is 17.3 Å². The summed E-state index contributed by atoms with van der Waals surface area (Å²) in [6.45, 7) is 0. The monoisotopic (exact) mass is 350 g/mol. The second kappa shape index (κ2) is 6.02. The van der Waals surface area contributed by atoms with Crippen LogP contribution in [0.2, 0.25) is 0 Å². The van der Waals surface area contributed by atoms with E-state index in [4.69, 9.17) is 16.3 Å². The molecular weight excluding hydrogens is 340 g/mol. The van der Waals surface area contributed by atoms with Gasteiger partial charge < -0.3 is 10.1 Å². The van der Waals surface area contributed by atoms with E-state index >= 15 is 0 Å². The molecular formula is C15H11ClN2O4S. The van der Waals surface area contributed by atoms with Gasteiger partial charge in [-0.15, -0.1) is 16.0 Å². The maximum atomic E-state index is 12.0. The molecule has 0 saturated heterocycles. The van der Waals surface area contributed by atoms with Crippen molar-refractivity contribution in [2.75, 3.05) is 11.2 Å². The Hall–Kier alpha value is -2.38. The predicted molar refractivity (Wildman–Crippen MR) is 86.6 cm³/mol. The number of sulfonamides is 1. The number of esters is 1. The first-order valence-corrected chi connectivity index (χ1v) is 8.55. The summed E-state index contributed by atoms with van der Waals surface area (Å²) in [5.74, 6) is -0.303. The maximum absolute atomic E-state index is 12.0. The average molecular weight is 351 g/mol. The molecule has 118 valence electrons. The van der Waals surface area contributed by atoms with Crippen LogP contribution in [0.4, 0.5) is 5.69 Å². The van der Waals surface area contributed by atoms with Gasteiger partial charge in [-0.1, -0.05) is 18.2 Å². The molecule has 0 unspecified atom stereocenters. The molecule has 0 amide bonds. The minimum Gasteiger partial charge on any atom is -0.426 e. The summed E-state index contributed by atoms with van der Waals surface area (Å²) >= 11 is 5.39. The summed E-state index contributed by atoms with van der Waals surface area (Å²) in [6.07, 6.45) is 0. The summed E-state index contributed by atoms with van der Waals surface area (Å²) in [7, 11) is -3.69. The smallest absolute Gasteiger partial charge is 0.326 e. The number of hydrogen-bond donors (Lipinski definition) is 1. The Bertz CT molecular complexity index is 909. The quantitative estimate of drug-likeness (QED) is 0.522. The number of alkyl halides is 1. The van der Waals surface area contributed by atoms with Gasteiger partial charge in [0.15, 0.2) is 5.84 Å². The van der Waals surface area contributed by atoms with Crippen LogP contribution in [0.5, 0.6) is 5.75 Å². The Morgan fingerprint density at radius 2 is 1.96 bits per heavy atom. The summed E-state index contributed by atoms with van der Waals surface area (Å²) in [5.41, 5.74) is 1.03. The molecule has 6 nitrogen and oxygen atoms in total. The molecule has 8 heteroatoms. The highest BCUT2D eigenvalue weighted by Gasteiger charge is 2.28. The van der Waals surface area contributed by atoms with E-state index in [1.165, 1.54) is 6.07 Å². The van der Waals surface area contributed by atoms with Gasteiger partial charge in [-0.2, -0.15) is 8.42 Å². The van der Waals surface area contributed by atoms with Crippen LogP contribution < -0.4 is 10.1 Å². The lowest BCUT2D eigenvalue weighted by molar-refractivity contribution is -0.131. The lowest BCUT2D eigenvalue weighted by Gasteiger charge is -2.08. The van der Waals surface area contributed by atoms with Crippen LogP contribution in [0.1, 0.15) is 5.56 Å². The Morgan fingerprint density at radius 1 is 1.17 bits per heavy atom. The van der Waals surface area contributed by atoms with Crippen LogP contribution in [0.3, 0.4) is 0 Å². The molecule has 0 atom stereocenters. The third-order valence-electron chi connectivity index (χ3n) is 3.07. The van der Waals surface area contributed by atoms with Crippen molar-refractivity contribution in [2.45, 2.75) is 4.90 Å². The second-order valence-electron chi connectivity index (χ2n) is 4.67. The van der Waals surface area contributed by atoms with E-state index in [0.717, 1.165) is 0 Å². The number of anilines is 1. The van der Waals surface area contributed by atoms with E-state index in [-0.39, 0.29) is 16.6 Å². The first-order valence-electron chi connectivity index (χ1n) is 6.58. The van der Waals surface area contributed by atoms with Crippen molar-refractivity contribution in [1.29, 1.82) is 0 Å². The number of benzene rings is 2. The molecule has 0 aliphatic carbocycles. The zero-order chi connectivity index (χ0) is 16.4. The lowest BCUT2D eigenvalue weighted by Crippen LogP contribution is -2.12. The van der Waals surface area contributed by atoms with Crippen LogP contribution in [0, 0.1) is 0 Å². The molecule has 1 N–H and O–H groups in total. The largest absolute Gasteiger partial charge is 0.426 e. The van der Waals surface area contributed by atoms with Gasteiger partial charge in [0.05, 0.1) is 0 Å². The SMILES string of the molecule is O=C(CCl)Oc1cccc(NC2=NS(=O)(=O)c3ccccc32)c1. The number of halogens is 1. The summed E-state index contributed by atoms with van der Waals surface area (Å²) in [6, 6.07) is 13.1. The topological polar surface area (TPSA) is 84.8 Å². The van der Waals surface area contributed by atoms with Crippen molar-refractivity contribution in [1.82, 2.24) is 0 Å². The number of carbonyl (C=O) groups excluding carboxylic acids is 1. The fraction of sp³-hybridized carbons (Fsp3) is 0.0667. The van der Waals surface area contributed by atoms with Crippen molar-refractivity contribution in [3.05, 3.63) is 54.1 Å². The van der Waals surface area contributed by atoms with Crippen molar-refractivity contribution in [3.8, 4) is 5.75 Å². The predicted octanol–water partition coefficient (Wildman–Crippen LogP) is 2.39. The Morgan fingerprint density at radius 3 is 2.74 bits per heavy atom. The molecule has 1 heterocycles. The van der Waals surface area contributed by atoms with Crippen molar-refractivity contribution in [3.63, 3.8) is 0 Å². The molecule has 0 spiro atoms. The van der Waals surface area contributed by atoms with Crippen LogP contribution in [-0.4, -0.2) is 26.1 Å². The molecule has 0 fully saturated rings. The first-order chi connectivity index (χ1) is 11.0. The lowest BCUT2D eigenvalue weighted by atomic mass is 10.2. The average Bonchev–Trinajstić information content (AvgIpc) is 2.79. The van der Waals surface area contributed by atoms with Crippen LogP contribution in [0.15, 0.2) is 57.8 Å². The fourth-order valence-electron chi connectivity index (χ4n) is 2.13. The van der Waals surface area contributed by atoms with E-state index in [2.05, 4.69) is 9.71 Å². The van der Waals surface area contributed by atoms with Crippen LogP contribution >= 0.6 is 11.6 Å². The van der Waals surface area contributed by atoms with Gasteiger partial charge >= 0.3 is 5.97 Å². The van der Waals surface area contributed by atoms with Gasteiger partial charge in [0.25, 0.3) is 10.0 Å². The van der Waals surface area contributed by atoms with E-state index in [9.17, 15) is 13.2 Å². The minimum atomic E-state index is -3.69. The summed E-state index contributed by atoms with van der Waals surface area (Å²) < 4.78 is 32.7. The van der Waals surface area contributed by atoms with Crippen LogP contribution in [-0.2, 0) is 14.8 Å². The highest BCUT2D eigenvalue weighted by atomic mass is 35.5. The zero-order valence-electron chi connectivity index (χ0n) is 11.7. The number of rotatable bonds is 3. The molecule has 2 aromatic rings. The number of amidine groups is 1.